The number of aliphatic hydroxyl groups excluding tert-OH is 1. The van der Waals surface area contributed by atoms with E-state index in [0.29, 0.717) is 19.4 Å². The number of hydrogen-bond acceptors (Lipinski definition) is 9. The van der Waals surface area contributed by atoms with E-state index in [-0.39, 0.29) is 60.5 Å². The number of carbonyl (C=O) groups excluding carboxylic acids is 4. The summed E-state index contributed by atoms with van der Waals surface area (Å²) in [7, 11) is 8.41. The fourth-order valence-electron chi connectivity index (χ4n) is 7.87. The Morgan fingerprint density at radius 2 is 1.61 bits per heavy atom. The molecule has 11 atom stereocenters. The number of nitrogens with two attached hydrogens (primary N) is 1. The number of likely N-dealkylation sites (tertiary alicyclic amines) is 1. The molecular weight excluding hydrogens is 688 g/mol. The van der Waals surface area contributed by atoms with E-state index < -0.39 is 47.8 Å². The SMILES string of the molecule is CCC.CCC(C)C(C(CC(=O)N1CC(N)CC1C(OC)C(C)C(=O)NC(C)C(O)C1(C)C=CC=CC1)OC)N(C)C(=O)CNC(=O)C(C(C)C)N(C)C. The molecule has 13 nitrogen and oxygen atoms in total. The highest BCUT2D eigenvalue weighted by Gasteiger charge is 2.45. The molecule has 1 saturated heterocycles. The average molecular weight is 765 g/mol. The van der Waals surface area contributed by atoms with Crippen molar-refractivity contribution < 1.29 is 33.8 Å². The number of aliphatic hydroxyl groups is 1. The largest absolute Gasteiger partial charge is 0.390 e. The standard InChI is InChI=1S/C38H68N6O7.C3H8/c1-13-24(4)33(43(10)31(46)21-40-37(49)32(23(2)3)42(8)9)29(50-11)20-30(45)44-22-27(39)19-28(44)34(51-12)25(5)36(48)41-26(6)35(47)38(7)17-15-14-16-18-38;1-3-2/h14-17,23-29,32-35,47H,13,18-22,39H2,1-12H3,(H,40,49)(H,41,48);3H2,1-2H3. The molecule has 11 unspecified atom stereocenters. The van der Waals surface area contributed by atoms with Gasteiger partial charge in [-0.15, -0.1) is 0 Å². The van der Waals surface area contributed by atoms with Crippen LogP contribution in [0.3, 0.4) is 0 Å². The molecule has 0 aromatic carbocycles. The smallest absolute Gasteiger partial charge is 0.242 e. The minimum Gasteiger partial charge on any atom is -0.390 e. The number of hydrogen-bond donors (Lipinski definition) is 4. The van der Waals surface area contributed by atoms with Gasteiger partial charge in [0.15, 0.2) is 0 Å². The zero-order valence-corrected chi connectivity index (χ0v) is 35.9. The molecule has 5 N–H and O–H groups in total. The van der Waals surface area contributed by atoms with Crippen LogP contribution < -0.4 is 16.4 Å². The summed E-state index contributed by atoms with van der Waals surface area (Å²) in [6.07, 6.45) is 8.77. The van der Waals surface area contributed by atoms with Crippen molar-refractivity contribution in [2.75, 3.05) is 48.5 Å². The quantitative estimate of drug-likeness (QED) is 0.154. The third kappa shape index (κ3) is 13.4. The van der Waals surface area contributed by atoms with Crippen molar-refractivity contribution >= 4 is 23.6 Å². The lowest BCUT2D eigenvalue weighted by Gasteiger charge is -2.39. The van der Waals surface area contributed by atoms with E-state index in [1.54, 1.807) is 30.7 Å². The minimum atomic E-state index is -0.811. The average Bonchev–Trinajstić information content (AvgIpc) is 3.50. The molecule has 54 heavy (non-hydrogen) atoms. The van der Waals surface area contributed by atoms with Crippen molar-refractivity contribution in [2.45, 2.75) is 143 Å². The van der Waals surface area contributed by atoms with E-state index in [0.717, 1.165) is 6.42 Å². The van der Waals surface area contributed by atoms with Crippen LogP contribution in [0.2, 0.25) is 0 Å². The predicted octanol–water partition coefficient (Wildman–Crippen LogP) is 3.35. The Morgan fingerprint density at radius 3 is 2.09 bits per heavy atom. The van der Waals surface area contributed by atoms with Crippen LogP contribution in [-0.4, -0.2) is 140 Å². The number of methoxy groups -OCH3 is 2. The molecule has 1 fully saturated rings. The first-order valence-electron chi connectivity index (χ1n) is 19.9. The Labute approximate surface area is 326 Å². The maximum atomic E-state index is 14.1. The van der Waals surface area contributed by atoms with Crippen LogP contribution in [0.5, 0.6) is 0 Å². The number of nitrogens with zero attached hydrogens (tertiary/aromatic N) is 3. The van der Waals surface area contributed by atoms with Crippen molar-refractivity contribution in [1.82, 2.24) is 25.3 Å². The third-order valence-electron chi connectivity index (χ3n) is 11.1. The zero-order chi connectivity index (χ0) is 41.5. The van der Waals surface area contributed by atoms with Gasteiger partial charge in [-0.3, -0.25) is 24.1 Å². The first-order chi connectivity index (χ1) is 25.3. The summed E-state index contributed by atoms with van der Waals surface area (Å²) >= 11 is 0. The van der Waals surface area contributed by atoms with Crippen LogP contribution in [0.15, 0.2) is 24.3 Å². The van der Waals surface area contributed by atoms with Crippen LogP contribution in [0.4, 0.5) is 0 Å². The van der Waals surface area contributed by atoms with Gasteiger partial charge in [-0.1, -0.05) is 92.5 Å². The minimum absolute atomic E-state index is 0.0183. The van der Waals surface area contributed by atoms with Crippen molar-refractivity contribution in [3.8, 4) is 0 Å². The Kier molecular flexibility index (Phi) is 21.2. The van der Waals surface area contributed by atoms with Gasteiger partial charge in [0.1, 0.15) is 0 Å². The second-order valence-corrected chi connectivity index (χ2v) is 16.3. The number of carbonyl (C=O) groups is 4. The van der Waals surface area contributed by atoms with Gasteiger partial charge < -0.3 is 40.7 Å². The molecular formula is C41H76N6O7. The Balaban J connectivity index is 0.00000469. The van der Waals surface area contributed by atoms with Gasteiger partial charge in [0, 0.05) is 39.3 Å². The molecule has 0 bridgehead atoms. The Bertz CT molecular complexity index is 1240. The van der Waals surface area contributed by atoms with Gasteiger partial charge in [0.05, 0.1) is 61.4 Å². The first-order valence-corrected chi connectivity index (χ1v) is 19.9. The van der Waals surface area contributed by atoms with Gasteiger partial charge in [0.25, 0.3) is 0 Å². The van der Waals surface area contributed by atoms with Crippen molar-refractivity contribution in [3.05, 3.63) is 24.3 Å². The van der Waals surface area contributed by atoms with Gasteiger partial charge in [0.2, 0.25) is 23.6 Å². The highest BCUT2D eigenvalue weighted by molar-refractivity contribution is 5.87. The van der Waals surface area contributed by atoms with E-state index >= 15 is 0 Å². The number of amides is 4. The highest BCUT2D eigenvalue weighted by Crippen LogP contribution is 2.33. The van der Waals surface area contributed by atoms with Gasteiger partial charge in [-0.05, 0) is 45.7 Å². The summed E-state index contributed by atoms with van der Waals surface area (Å²) in [5.74, 6) is -1.62. The maximum absolute atomic E-state index is 14.1. The summed E-state index contributed by atoms with van der Waals surface area (Å²) in [5, 5.41) is 16.9. The number of allylic oxidation sites excluding steroid dienone is 3. The topological polar surface area (TPSA) is 167 Å². The highest BCUT2D eigenvalue weighted by atomic mass is 16.5. The third-order valence-corrected chi connectivity index (χ3v) is 11.1. The molecule has 4 amide bonds. The lowest BCUT2D eigenvalue weighted by molar-refractivity contribution is -0.146. The number of nitrogens with one attached hydrogen (secondary N) is 2. The molecule has 13 heteroatoms. The van der Waals surface area contributed by atoms with Crippen LogP contribution >= 0.6 is 0 Å². The molecule has 1 aliphatic heterocycles. The summed E-state index contributed by atoms with van der Waals surface area (Å²) < 4.78 is 11.8. The summed E-state index contributed by atoms with van der Waals surface area (Å²) in [6.45, 7) is 17.8. The van der Waals surface area contributed by atoms with Gasteiger partial charge >= 0.3 is 0 Å². The van der Waals surface area contributed by atoms with Crippen LogP contribution in [0.1, 0.15) is 94.4 Å². The molecule has 2 aliphatic rings. The van der Waals surface area contributed by atoms with E-state index in [1.165, 1.54) is 20.6 Å². The molecule has 2 rings (SSSR count). The molecule has 0 aromatic rings. The molecule has 0 saturated carbocycles. The van der Waals surface area contributed by atoms with Crippen molar-refractivity contribution in [3.63, 3.8) is 0 Å². The lowest BCUT2D eigenvalue weighted by atomic mass is 9.76. The summed E-state index contributed by atoms with van der Waals surface area (Å²) in [5.41, 5.74) is 5.91. The van der Waals surface area contributed by atoms with E-state index in [9.17, 15) is 24.3 Å². The molecule has 0 spiro atoms. The van der Waals surface area contributed by atoms with Crippen molar-refractivity contribution in [1.29, 1.82) is 0 Å². The normalized spacial score (nSPS) is 24.1. The van der Waals surface area contributed by atoms with Crippen molar-refractivity contribution in [2.24, 2.45) is 28.9 Å². The maximum Gasteiger partial charge on any atom is 0.242 e. The van der Waals surface area contributed by atoms with Crippen LogP contribution in [0, 0.1) is 23.2 Å². The Morgan fingerprint density at radius 1 is 1.00 bits per heavy atom. The molecule has 1 heterocycles. The predicted molar refractivity (Wildman–Crippen MR) is 215 cm³/mol. The monoisotopic (exact) mass is 765 g/mol. The number of ether oxygens (including phenoxy) is 2. The molecule has 312 valence electrons. The fraction of sp³-hybridized carbons (Fsp3) is 0.805. The second kappa shape index (κ2) is 23.3. The van der Waals surface area contributed by atoms with Crippen LogP contribution in [0.25, 0.3) is 0 Å². The lowest BCUT2D eigenvalue weighted by Crippen LogP contribution is -2.55. The van der Waals surface area contributed by atoms with E-state index in [2.05, 4.69) is 24.5 Å². The summed E-state index contributed by atoms with van der Waals surface area (Å²) in [4.78, 5) is 59.2. The number of rotatable bonds is 19. The first kappa shape index (κ1) is 49.2. The summed E-state index contributed by atoms with van der Waals surface area (Å²) in [6, 6.07) is -2.14. The van der Waals surface area contributed by atoms with E-state index in [4.69, 9.17) is 15.2 Å². The van der Waals surface area contributed by atoms with Gasteiger partial charge in [-0.2, -0.15) is 0 Å². The number of likely N-dealkylation sites (N-methyl/N-ethyl adjacent to an activating group) is 2. The second-order valence-electron chi connectivity index (χ2n) is 16.3. The van der Waals surface area contributed by atoms with E-state index in [1.807, 2.05) is 77.9 Å². The molecule has 0 radical (unpaired) electrons. The zero-order valence-electron chi connectivity index (χ0n) is 35.9. The fourth-order valence-corrected chi connectivity index (χ4v) is 7.87. The van der Waals surface area contributed by atoms with Gasteiger partial charge in [-0.25, -0.2) is 0 Å². The Hall–Kier alpha value is -2.84. The molecule has 0 aromatic heterocycles. The molecule has 1 aliphatic carbocycles. The van der Waals surface area contributed by atoms with Crippen LogP contribution in [-0.2, 0) is 28.7 Å².